The number of Topliss-reactive ketones (excluding diaryl/α,β-unsaturated/α-hetero) is 1. The number of ketones is 1. The van der Waals surface area contributed by atoms with Crippen LogP contribution in [0.2, 0.25) is 0 Å². The molecule has 1 aliphatic heterocycles. The lowest BCUT2D eigenvalue weighted by molar-refractivity contribution is -0.139. The average molecular weight is 421 g/mol. The molecule has 28 heavy (non-hydrogen) atoms. The van der Waals surface area contributed by atoms with Gasteiger partial charge in [-0.25, -0.2) is 9.79 Å². The lowest BCUT2D eigenvalue weighted by Crippen LogP contribution is -2.54. The first-order chi connectivity index (χ1) is 12.9. The van der Waals surface area contributed by atoms with Gasteiger partial charge in [0.1, 0.15) is 16.6 Å². The molecule has 2 rings (SSSR count). The number of halogens is 3. The maximum Gasteiger partial charge on any atom is 0.389 e. The minimum absolute atomic E-state index is 0.0532. The Morgan fingerprint density at radius 3 is 2.68 bits per heavy atom. The topological polar surface area (TPSA) is 124 Å². The van der Waals surface area contributed by atoms with Crippen LogP contribution in [0.5, 0.6) is 5.75 Å². The van der Waals surface area contributed by atoms with Crippen LogP contribution in [0.4, 0.5) is 13.2 Å². The van der Waals surface area contributed by atoms with Gasteiger partial charge >= 0.3 is 11.8 Å². The van der Waals surface area contributed by atoms with E-state index in [2.05, 4.69) is 10.3 Å². The molecule has 0 fully saturated rings. The summed E-state index contributed by atoms with van der Waals surface area (Å²) in [5, 5.41) is 2.40. The highest BCUT2D eigenvalue weighted by Crippen LogP contribution is 2.30. The fourth-order valence-corrected chi connectivity index (χ4v) is 3.34. The van der Waals surface area contributed by atoms with Crippen LogP contribution in [0, 0.1) is 0 Å². The van der Waals surface area contributed by atoms with Crippen LogP contribution in [-0.2, 0) is 9.59 Å². The van der Waals surface area contributed by atoms with E-state index in [1.807, 2.05) is 0 Å². The molecule has 1 aromatic heterocycles. The molecule has 0 aliphatic carbocycles. The smallest absolute Gasteiger partial charge is 0.389 e. The molecule has 0 radical (unpaired) electrons. The first-order valence-corrected chi connectivity index (χ1v) is 9.01. The van der Waals surface area contributed by atoms with Crippen LogP contribution < -0.4 is 21.4 Å². The van der Waals surface area contributed by atoms with Crippen molar-refractivity contribution < 1.29 is 31.9 Å². The number of methoxy groups -OCH3 is 1. The maximum atomic E-state index is 12.7. The highest BCUT2D eigenvalue weighted by atomic mass is 32.2. The average Bonchev–Trinajstić information content (AvgIpc) is 3.01. The number of carbonyl (C=O) groups excluding carboxylic acids is 2. The van der Waals surface area contributed by atoms with Gasteiger partial charge in [-0.15, -0.1) is 0 Å². The van der Waals surface area contributed by atoms with Gasteiger partial charge in [0.15, 0.2) is 11.4 Å². The number of hydrogen-bond donors (Lipinski definition) is 2. The van der Waals surface area contributed by atoms with Crippen molar-refractivity contribution in [1.82, 2.24) is 5.32 Å². The van der Waals surface area contributed by atoms with Gasteiger partial charge in [-0.1, -0.05) is 11.8 Å². The Morgan fingerprint density at radius 2 is 2.14 bits per heavy atom. The summed E-state index contributed by atoms with van der Waals surface area (Å²) in [6, 6.07) is 0.909. The minimum Gasteiger partial charge on any atom is -0.496 e. The molecular formula is C16H18F3N3O5S. The van der Waals surface area contributed by atoms with Crippen molar-refractivity contribution >= 4 is 28.5 Å². The number of alkyl halides is 3. The first kappa shape index (κ1) is 22.0. The zero-order valence-electron chi connectivity index (χ0n) is 15.0. The van der Waals surface area contributed by atoms with E-state index in [1.165, 1.54) is 20.1 Å². The number of thioether (sulfide) groups is 1. The standard InChI is InChI=1S/C16H18F3N3O5S/c1-8(23)13-22-15(20,7-28-13)14(25)21-10(3-4-16(17,18)19)11-5-9(26-2)6-12(24)27-11/h5-6,10H,3-4,7,20H2,1-2H3,(H,21,25)/t10-,15+/m1/s1. The Bertz CT molecular complexity index is 855. The predicted octanol–water partition coefficient (Wildman–Crippen LogP) is 1.54. The second-order valence-electron chi connectivity index (χ2n) is 6.08. The molecule has 1 aromatic rings. The fraction of sp³-hybridized carbons (Fsp3) is 0.500. The number of nitrogens with one attached hydrogen (secondary N) is 1. The molecule has 8 nitrogen and oxygen atoms in total. The van der Waals surface area contributed by atoms with Gasteiger partial charge in [-0.3, -0.25) is 15.3 Å². The summed E-state index contributed by atoms with van der Waals surface area (Å²) in [5.41, 5.74) is 3.24. The third-order valence-corrected chi connectivity index (χ3v) is 5.03. The van der Waals surface area contributed by atoms with Gasteiger partial charge in [0, 0.05) is 25.2 Å². The van der Waals surface area contributed by atoms with Gasteiger partial charge in [0.2, 0.25) is 0 Å². The second-order valence-corrected chi connectivity index (χ2v) is 7.05. The van der Waals surface area contributed by atoms with Crippen molar-refractivity contribution in [2.45, 2.75) is 37.6 Å². The predicted molar refractivity (Wildman–Crippen MR) is 95.2 cm³/mol. The molecule has 3 N–H and O–H groups in total. The van der Waals surface area contributed by atoms with Gasteiger partial charge in [0.25, 0.3) is 5.91 Å². The van der Waals surface area contributed by atoms with E-state index in [1.54, 1.807) is 0 Å². The van der Waals surface area contributed by atoms with Crippen LogP contribution in [0.1, 0.15) is 31.6 Å². The van der Waals surface area contributed by atoms with E-state index in [0.717, 1.165) is 17.8 Å². The van der Waals surface area contributed by atoms with Crippen molar-refractivity contribution in [3.63, 3.8) is 0 Å². The molecule has 2 atom stereocenters. The van der Waals surface area contributed by atoms with E-state index in [9.17, 15) is 27.6 Å². The molecule has 12 heteroatoms. The molecule has 0 unspecified atom stereocenters. The number of hydrogen-bond acceptors (Lipinski definition) is 8. The zero-order chi connectivity index (χ0) is 21.1. The summed E-state index contributed by atoms with van der Waals surface area (Å²) in [5.74, 6) is -1.48. The van der Waals surface area contributed by atoms with Crippen LogP contribution >= 0.6 is 11.8 Å². The van der Waals surface area contributed by atoms with Crippen molar-refractivity contribution in [1.29, 1.82) is 0 Å². The Balaban J connectivity index is 2.30. The van der Waals surface area contributed by atoms with Gasteiger partial charge in [0.05, 0.1) is 19.2 Å². The number of ether oxygens (including phenoxy) is 1. The number of aliphatic imine (C=N–C) groups is 1. The minimum atomic E-state index is -4.49. The molecule has 1 aliphatic rings. The third kappa shape index (κ3) is 5.58. The second kappa shape index (κ2) is 8.35. The highest BCUT2D eigenvalue weighted by Gasteiger charge is 2.41. The van der Waals surface area contributed by atoms with Gasteiger partial charge < -0.3 is 14.5 Å². The molecule has 0 saturated heterocycles. The van der Waals surface area contributed by atoms with Crippen LogP contribution in [0.25, 0.3) is 0 Å². The molecule has 1 amide bonds. The number of carbonyl (C=O) groups is 2. The third-order valence-electron chi connectivity index (χ3n) is 3.79. The first-order valence-electron chi connectivity index (χ1n) is 8.03. The number of rotatable bonds is 7. The number of nitrogens with zero attached hydrogens (tertiary/aromatic N) is 1. The Hall–Kier alpha value is -2.34. The monoisotopic (exact) mass is 421 g/mol. The van der Waals surface area contributed by atoms with Crippen LogP contribution in [0.3, 0.4) is 0 Å². The summed E-state index contributed by atoms with van der Waals surface area (Å²) in [6.45, 7) is 1.26. The molecule has 0 aromatic carbocycles. The molecule has 0 bridgehead atoms. The van der Waals surface area contributed by atoms with E-state index in [0.29, 0.717) is 0 Å². The van der Waals surface area contributed by atoms with Crippen molar-refractivity contribution in [2.75, 3.05) is 12.9 Å². The molecule has 0 spiro atoms. The summed E-state index contributed by atoms with van der Waals surface area (Å²) >= 11 is 0.976. The lowest BCUT2D eigenvalue weighted by Gasteiger charge is -2.24. The number of nitrogens with two attached hydrogens (primary N) is 1. The van der Waals surface area contributed by atoms with E-state index in [-0.39, 0.29) is 28.1 Å². The Morgan fingerprint density at radius 1 is 1.46 bits per heavy atom. The van der Waals surface area contributed by atoms with Gasteiger partial charge in [-0.2, -0.15) is 13.2 Å². The van der Waals surface area contributed by atoms with E-state index < -0.39 is 42.3 Å². The molecular weight excluding hydrogens is 403 g/mol. The summed E-state index contributed by atoms with van der Waals surface area (Å²) in [6.07, 6.45) is -6.34. The largest absolute Gasteiger partial charge is 0.496 e. The van der Waals surface area contributed by atoms with Crippen molar-refractivity contribution in [3.05, 3.63) is 28.3 Å². The van der Waals surface area contributed by atoms with Gasteiger partial charge in [-0.05, 0) is 6.42 Å². The Labute approximate surface area is 161 Å². The molecule has 0 saturated carbocycles. The highest BCUT2D eigenvalue weighted by molar-refractivity contribution is 8.16. The summed E-state index contributed by atoms with van der Waals surface area (Å²) in [4.78, 5) is 39.5. The summed E-state index contributed by atoms with van der Waals surface area (Å²) < 4.78 is 47.9. The normalized spacial score (nSPS) is 20.4. The van der Waals surface area contributed by atoms with E-state index in [4.69, 9.17) is 14.9 Å². The van der Waals surface area contributed by atoms with E-state index >= 15 is 0 Å². The quantitative estimate of drug-likeness (QED) is 0.684. The SMILES string of the molecule is COc1cc([C@@H](CCC(F)(F)F)NC(=O)[C@]2(N)CSC(C(C)=O)=N2)oc(=O)c1. The van der Waals surface area contributed by atoms with Crippen molar-refractivity contribution in [3.8, 4) is 5.75 Å². The summed E-state index contributed by atoms with van der Waals surface area (Å²) in [7, 11) is 1.27. The number of amides is 1. The maximum absolute atomic E-state index is 12.7. The Kier molecular flexibility index (Phi) is 6.55. The zero-order valence-corrected chi connectivity index (χ0v) is 15.8. The molecule has 154 valence electrons. The van der Waals surface area contributed by atoms with Crippen molar-refractivity contribution in [2.24, 2.45) is 10.7 Å². The molecule has 2 heterocycles. The lowest BCUT2D eigenvalue weighted by atomic mass is 10.1. The van der Waals surface area contributed by atoms with Crippen LogP contribution in [0.15, 0.2) is 26.3 Å². The van der Waals surface area contributed by atoms with Crippen LogP contribution in [-0.4, -0.2) is 41.4 Å². The fourth-order valence-electron chi connectivity index (χ4n) is 2.36.